The standard InChI is InChI=1S/C23H22FN3O6S/c1-3-32-23(29)17-10-8-16(9-11-17)21-13-12-18(33-21)14-25-26-22(28)15-27(34(2,30)31)20-7-5-4-6-19(20)24/h4-14H,3,15H2,1-2H3,(H,26,28)/b25-14-. The summed E-state index contributed by atoms with van der Waals surface area (Å²) in [5, 5.41) is 3.76. The highest BCUT2D eigenvalue weighted by Gasteiger charge is 2.23. The van der Waals surface area contributed by atoms with Crippen molar-refractivity contribution in [2.24, 2.45) is 5.10 Å². The van der Waals surface area contributed by atoms with E-state index in [1.807, 2.05) is 0 Å². The summed E-state index contributed by atoms with van der Waals surface area (Å²) < 4.78 is 49.4. The number of benzene rings is 2. The number of nitrogens with zero attached hydrogens (tertiary/aromatic N) is 2. The number of ether oxygens (including phenoxy) is 1. The number of para-hydroxylation sites is 1. The smallest absolute Gasteiger partial charge is 0.338 e. The number of hydrazone groups is 1. The van der Waals surface area contributed by atoms with Gasteiger partial charge in [0.25, 0.3) is 5.91 Å². The fraction of sp³-hybridized carbons (Fsp3) is 0.174. The highest BCUT2D eigenvalue weighted by Crippen LogP contribution is 2.23. The molecule has 0 unspecified atom stereocenters. The molecule has 0 bridgehead atoms. The van der Waals surface area contributed by atoms with Crippen molar-refractivity contribution >= 4 is 33.8 Å². The molecule has 178 valence electrons. The molecule has 11 heteroatoms. The van der Waals surface area contributed by atoms with Gasteiger partial charge < -0.3 is 9.15 Å². The number of hydrogen-bond donors (Lipinski definition) is 1. The van der Waals surface area contributed by atoms with Gasteiger partial charge in [-0.05, 0) is 43.3 Å². The molecule has 3 aromatic rings. The fourth-order valence-corrected chi connectivity index (χ4v) is 3.79. The highest BCUT2D eigenvalue weighted by atomic mass is 32.2. The average Bonchev–Trinajstić information content (AvgIpc) is 3.26. The van der Waals surface area contributed by atoms with Crippen molar-refractivity contribution in [1.29, 1.82) is 0 Å². The zero-order chi connectivity index (χ0) is 24.7. The number of nitrogens with one attached hydrogen (secondary N) is 1. The van der Waals surface area contributed by atoms with Gasteiger partial charge in [0.15, 0.2) is 0 Å². The summed E-state index contributed by atoms with van der Waals surface area (Å²) in [6.07, 6.45) is 2.11. The average molecular weight is 488 g/mol. The molecule has 0 aliphatic carbocycles. The third-order valence-corrected chi connectivity index (χ3v) is 5.62. The van der Waals surface area contributed by atoms with Gasteiger partial charge in [0.05, 0.1) is 30.3 Å². The second-order valence-corrected chi connectivity index (χ2v) is 8.92. The van der Waals surface area contributed by atoms with E-state index in [0.717, 1.165) is 12.3 Å². The molecule has 0 radical (unpaired) electrons. The summed E-state index contributed by atoms with van der Waals surface area (Å²) in [4.78, 5) is 23.9. The van der Waals surface area contributed by atoms with Gasteiger partial charge >= 0.3 is 5.97 Å². The number of rotatable bonds is 9. The number of carbonyl (C=O) groups excluding carboxylic acids is 2. The molecular formula is C23H22FN3O6S. The van der Waals surface area contributed by atoms with Gasteiger partial charge in [-0.3, -0.25) is 9.10 Å². The molecule has 1 heterocycles. The van der Waals surface area contributed by atoms with Gasteiger partial charge in [0, 0.05) is 5.56 Å². The summed E-state index contributed by atoms with van der Waals surface area (Å²) >= 11 is 0. The van der Waals surface area contributed by atoms with E-state index in [0.29, 0.717) is 27.0 Å². The van der Waals surface area contributed by atoms with Crippen LogP contribution >= 0.6 is 0 Å². The first kappa shape index (κ1) is 24.6. The van der Waals surface area contributed by atoms with Crippen molar-refractivity contribution in [3.05, 3.63) is 77.8 Å². The fourth-order valence-electron chi connectivity index (χ4n) is 2.93. The lowest BCUT2D eigenvalue weighted by molar-refractivity contribution is -0.119. The maximum Gasteiger partial charge on any atom is 0.338 e. The Hall–Kier alpha value is -3.99. The zero-order valence-corrected chi connectivity index (χ0v) is 19.2. The first-order valence-electron chi connectivity index (χ1n) is 10.1. The Labute approximate surface area is 195 Å². The van der Waals surface area contributed by atoms with Gasteiger partial charge in [-0.2, -0.15) is 5.10 Å². The number of esters is 1. The molecular weight excluding hydrogens is 465 g/mol. The van der Waals surface area contributed by atoms with Crippen molar-refractivity contribution in [1.82, 2.24) is 5.43 Å². The molecule has 34 heavy (non-hydrogen) atoms. The SMILES string of the molecule is CCOC(=O)c1ccc(-c2ccc(/C=N\NC(=O)CN(c3ccccc3F)S(C)(=O)=O)o2)cc1. The molecule has 0 aliphatic rings. The predicted octanol–water partition coefficient (Wildman–Crippen LogP) is 3.18. The van der Waals surface area contributed by atoms with Crippen LogP contribution in [0.25, 0.3) is 11.3 Å². The third-order valence-electron chi connectivity index (χ3n) is 4.50. The lowest BCUT2D eigenvalue weighted by Gasteiger charge is -2.21. The topological polar surface area (TPSA) is 118 Å². The number of anilines is 1. The van der Waals surface area contributed by atoms with Crippen molar-refractivity contribution in [3.8, 4) is 11.3 Å². The van der Waals surface area contributed by atoms with E-state index in [9.17, 15) is 22.4 Å². The van der Waals surface area contributed by atoms with E-state index in [-0.39, 0.29) is 12.3 Å². The second-order valence-electron chi connectivity index (χ2n) is 7.01. The Kier molecular flexibility index (Phi) is 7.79. The van der Waals surface area contributed by atoms with Crippen LogP contribution in [0.1, 0.15) is 23.0 Å². The van der Waals surface area contributed by atoms with Gasteiger partial charge in [-0.1, -0.05) is 24.3 Å². The van der Waals surface area contributed by atoms with Gasteiger partial charge in [-0.25, -0.2) is 23.0 Å². The summed E-state index contributed by atoms with van der Waals surface area (Å²) in [5.74, 6) is -1.14. The minimum atomic E-state index is -3.92. The quantitative estimate of drug-likeness (QED) is 0.281. The maximum atomic E-state index is 14.0. The van der Waals surface area contributed by atoms with Crippen LogP contribution in [-0.4, -0.2) is 45.9 Å². The van der Waals surface area contributed by atoms with Crippen molar-refractivity contribution in [3.63, 3.8) is 0 Å². The van der Waals surface area contributed by atoms with Crippen LogP contribution in [0, 0.1) is 5.82 Å². The monoisotopic (exact) mass is 487 g/mol. The molecule has 0 saturated carbocycles. The van der Waals surface area contributed by atoms with Crippen LogP contribution in [0.15, 0.2) is 70.2 Å². The molecule has 1 amide bonds. The summed E-state index contributed by atoms with van der Waals surface area (Å²) in [5.41, 5.74) is 3.08. The number of halogens is 1. The minimum Gasteiger partial charge on any atom is -0.462 e. The number of hydrogen-bond acceptors (Lipinski definition) is 7. The zero-order valence-electron chi connectivity index (χ0n) is 18.4. The van der Waals surface area contributed by atoms with Crippen LogP contribution < -0.4 is 9.73 Å². The maximum absolute atomic E-state index is 14.0. The van der Waals surface area contributed by atoms with E-state index < -0.39 is 34.3 Å². The van der Waals surface area contributed by atoms with Crippen molar-refractivity contribution in [2.75, 3.05) is 23.7 Å². The van der Waals surface area contributed by atoms with E-state index in [1.54, 1.807) is 43.3 Å². The van der Waals surface area contributed by atoms with Gasteiger partial charge in [0.1, 0.15) is 23.9 Å². The van der Waals surface area contributed by atoms with Gasteiger partial charge in [-0.15, -0.1) is 0 Å². The van der Waals surface area contributed by atoms with Crippen LogP contribution in [-0.2, 0) is 19.6 Å². The van der Waals surface area contributed by atoms with E-state index in [4.69, 9.17) is 9.15 Å². The lowest BCUT2D eigenvalue weighted by Crippen LogP contribution is -2.39. The van der Waals surface area contributed by atoms with Crippen LogP contribution in [0.5, 0.6) is 0 Å². The molecule has 3 rings (SSSR count). The number of carbonyl (C=O) groups is 2. The van der Waals surface area contributed by atoms with Gasteiger partial charge in [0.2, 0.25) is 10.0 Å². The molecule has 1 N–H and O–H groups in total. The van der Waals surface area contributed by atoms with E-state index in [2.05, 4.69) is 10.5 Å². The van der Waals surface area contributed by atoms with Crippen LogP contribution in [0.3, 0.4) is 0 Å². The van der Waals surface area contributed by atoms with Crippen LogP contribution in [0.4, 0.5) is 10.1 Å². The number of amides is 1. The Morgan fingerprint density at radius 3 is 2.47 bits per heavy atom. The lowest BCUT2D eigenvalue weighted by atomic mass is 10.1. The first-order chi connectivity index (χ1) is 16.2. The summed E-state index contributed by atoms with van der Waals surface area (Å²) in [6, 6.07) is 15.2. The molecule has 2 aromatic carbocycles. The number of furan rings is 1. The molecule has 0 aliphatic heterocycles. The largest absolute Gasteiger partial charge is 0.462 e. The highest BCUT2D eigenvalue weighted by molar-refractivity contribution is 7.92. The Morgan fingerprint density at radius 2 is 1.82 bits per heavy atom. The van der Waals surface area contributed by atoms with E-state index >= 15 is 0 Å². The summed E-state index contributed by atoms with van der Waals surface area (Å²) in [7, 11) is -3.92. The van der Waals surface area contributed by atoms with E-state index in [1.165, 1.54) is 24.4 Å². The first-order valence-corrected chi connectivity index (χ1v) is 12.0. The Morgan fingerprint density at radius 1 is 1.12 bits per heavy atom. The molecule has 9 nitrogen and oxygen atoms in total. The molecule has 0 saturated heterocycles. The third kappa shape index (κ3) is 6.29. The number of sulfonamides is 1. The predicted molar refractivity (Wildman–Crippen MR) is 124 cm³/mol. The summed E-state index contributed by atoms with van der Waals surface area (Å²) in [6.45, 7) is 1.35. The molecule has 0 atom stereocenters. The van der Waals surface area contributed by atoms with Crippen LogP contribution in [0.2, 0.25) is 0 Å². The van der Waals surface area contributed by atoms with Crippen molar-refractivity contribution < 1.29 is 31.6 Å². The van der Waals surface area contributed by atoms with Crippen molar-refractivity contribution in [2.45, 2.75) is 6.92 Å². The minimum absolute atomic E-state index is 0.242. The molecule has 0 fully saturated rings. The normalized spacial score (nSPS) is 11.4. The second kappa shape index (κ2) is 10.8. The molecule has 0 spiro atoms. The Balaban J connectivity index is 1.63. The Bertz CT molecular complexity index is 1300. The molecule has 1 aromatic heterocycles.